The standard InChI is InChI=1S/C20H21N3O5/c1-13-19(26-12-24)23-18(21-13)9-8-16(22-23)15-6-4-5-7-17(15)25-10-14-11-27-20(2,3)28-14/h4-9,12,14H,10-11H2,1-3H3/t14-/m1/s1. The maximum absolute atomic E-state index is 10.8. The van der Waals surface area contributed by atoms with Crippen molar-refractivity contribution in [2.24, 2.45) is 0 Å². The Balaban J connectivity index is 1.62. The zero-order chi connectivity index (χ0) is 19.7. The molecule has 3 aromatic rings. The molecule has 8 heteroatoms. The van der Waals surface area contributed by atoms with Gasteiger partial charge in [0, 0.05) is 5.56 Å². The van der Waals surface area contributed by atoms with Crippen LogP contribution in [-0.4, -0.2) is 46.2 Å². The molecule has 0 unspecified atom stereocenters. The van der Waals surface area contributed by atoms with E-state index in [4.69, 9.17) is 18.9 Å². The number of nitrogens with zero attached hydrogens (tertiary/aromatic N) is 3. The summed E-state index contributed by atoms with van der Waals surface area (Å²) in [5.74, 6) is 0.385. The van der Waals surface area contributed by atoms with Crippen LogP contribution in [0.25, 0.3) is 16.9 Å². The highest BCUT2D eigenvalue weighted by Gasteiger charge is 2.33. The molecule has 0 amide bonds. The van der Waals surface area contributed by atoms with Crippen LogP contribution < -0.4 is 9.47 Å². The number of aryl methyl sites for hydroxylation is 1. The van der Waals surface area contributed by atoms with Gasteiger partial charge in [-0.25, -0.2) is 4.98 Å². The fraction of sp³-hybridized carbons (Fsp3) is 0.350. The largest absolute Gasteiger partial charge is 0.490 e. The molecule has 28 heavy (non-hydrogen) atoms. The Bertz CT molecular complexity index is 1010. The average molecular weight is 383 g/mol. The van der Waals surface area contributed by atoms with Crippen molar-refractivity contribution in [3.05, 3.63) is 42.1 Å². The minimum Gasteiger partial charge on any atom is -0.490 e. The normalized spacial score (nSPS) is 18.3. The minimum absolute atomic E-state index is 0.137. The van der Waals surface area contributed by atoms with Crippen molar-refractivity contribution in [1.29, 1.82) is 0 Å². The van der Waals surface area contributed by atoms with Gasteiger partial charge in [0.1, 0.15) is 24.2 Å². The van der Waals surface area contributed by atoms with Crippen LogP contribution >= 0.6 is 0 Å². The highest BCUT2D eigenvalue weighted by molar-refractivity contribution is 5.68. The van der Waals surface area contributed by atoms with E-state index in [1.165, 1.54) is 4.52 Å². The van der Waals surface area contributed by atoms with Gasteiger partial charge in [-0.15, -0.1) is 0 Å². The Morgan fingerprint density at radius 1 is 1.29 bits per heavy atom. The van der Waals surface area contributed by atoms with Gasteiger partial charge in [-0.2, -0.15) is 9.61 Å². The number of hydrogen-bond donors (Lipinski definition) is 0. The molecule has 0 bridgehead atoms. The molecular formula is C20H21N3O5. The van der Waals surface area contributed by atoms with Crippen molar-refractivity contribution in [3.8, 4) is 22.9 Å². The molecule has 0 N–H and O–H groups in total. The Kier molecular flexibility index (Phi) is 4.74. The van der Waals surface area contributed by atoms with E-state index < -0.39 is 5.79 Å². The van der Waals surface area contributed by atoms with Crippen LogP contribution in [0.4, 0.5) is 0 Å². The molecule has 8 nitrogen and oxygen atoms in total. The molecule has 4 rings (SSSR count). The molecule has 1 aliphatic heterocycles. The van der Waals surface area contributed by atoms with E-state index in [0.29, 0.717) is 48.4 Å². The number of aromatic nitrogens is 3. The second kappa shape index (κ2) is 7.21. The molecule has 1 saturated heterocycles. The van der Waals surface area contributed by atoms with E-state index in [0.717, 1.165) is 5.56 Å². The number of hydrogen-bond acceptors (Lipinski definition) is 7. The van der Waals surface area contributed by atoms with Crippen LogP contribution in [0, 0.1) is 6.92 Å². The van der Waals surface area contributed by atoms with Gasteiger partial charge in [0.2, 0.25) is 5.88 Å². The second-order valence-corrected chi connectivity index (χ2v) is 6.96. The maximum atomic E-state index is 10.8. The zero-order valence-electron chi connectivity index (χ0n) is 15.9. The first-order valence-corrected chi connectivity index (χ1v) is 8.97. The molecular weight excluding hydrogens is 362 g/mol. The van der Waals surface area contributed by atoms with E-state index in [-0.39, 0.29) is 6.10 Å². The van der Waals surface area contributed by atoms with Crippen LogP contribution in [0.3, 0.4) is 0 Å². The fourth-order valence-corrected chi connectivity index (χ4v) is 3.18. The van der Waals surface area contributed by atoms with E-state index in [9.17, 15) is 4.79 Å². The van der Waals surface area contributed by atoms with E-state index in [2.05, 4.69) is 10.1 Å². The van der Waals surface area contributed by atoms with Crippen molar-refractivity contribution in [2.75, 3.05) is 13.2 Å². The van der Waals surface area contributed by atoms with Crippen LogP contribution in [0.15, 0.2) is 36.4 Å². The summed E-state index contributed by atoms with van der Waals surface area (Å²) in [5, 5.41) is 4.58. The van der Waals surface area contributed by atoms with Gasteiger partial charge in [0.25, 0.3) is 6.47 Å². The number of carbonyl (C=O) groups is 1. The minimum atomic E-state index is -0.589. The Labute approximate surface area is 162 Å². The summed E-state index contributed by atoms with van der Waals surface area (Å²) >= 11 is 0. The Morgan fingerprint density at radius 2 is 2.11 bits per heavy atom. The third-order valence-electron chi connectivity index (χ3n) is 4.41. The zero-order valence-corrected chi connectivity index (χ0v) is 15.9. The predicted octanol–water partition coefficient (Wildman–Crippen LogP) is 2.77. The molecule has 0 saturated carbocycles. The third-order valence-corrected chi connectivity index (χ3v) is 4.41. The first kappa shape index (κ1) is 18.4. The summed E-state index contributed by atoms with van der Waals surface area (Å²) in [6.07, 6.45) is -0.137. The lowest BCUT2D eigenvalue weighted by atomic mass is 10.1. The van der Waals surface area contributed by atoms with Gasteiger partial charge in [0.05, 0.1) is 12.3 Å². The first-order chi connectivity index (χ1) is 13.5. The lowest BCUT2D eigenvalue weighted by Gasteiger charge is -2.18. The monoisotopic (exact) mass is 383 g/mol. The number of carbonyl (C=O) groups excluding carboxylic acids is 1. The average Bonchev–Trinajstić information content (AvgIpc) is 3.19. The van der Waals surface area contributed by atoms with E-state index in [1.54, 1.807) is 6.92 Å². The molecule has 3 heterocycles. The van der Waals surface area contributed by atoms with Crippen molar-refractivity contribution in [2.45, 2.75) is 32.7 Å². The lowest BCUT2D eigenvalue weighted by Crippen LogP contribution is -2.25. The maximum Gasteiger partial charge on any atom is 0.299 e. The van der Waals surface area contributed by atoms with Gasteiger partial charge < -0.3 is 18.9 Å². The van der Waals surface area contributed by atoms with Crippen molar-refractivity contribution >= 4 is 12.1 Å². The van der Waals surface area contributed by atoms with Crippen LogP contribution in [0.2, 0.25) is 0 Å². The summed E-state index contributed by atoms with van der Waals surface area (Å²) in [6.45, 7) is 6.74. The van der Waals surface area contributed by atoms with Gasteiger partial charge >= 0.3 is 0 Å². The Hall–Kier alpha value is -2.97. The molecule has 146 valence electrons. The van der Waals surface area contributed by atoms with Gasteiger partial charge in [0.15, 0.2) is 11.4 Å². The summed E-state index contributed by atoms with van der Waals surface area (Å²) in [4.78, 5) is 15.1. The van der Waals surface area contributed by atoms with E-state index in [1.807, 2.05) is 50.2 Å². The molecule has 2 aromatic heterocycles. The van der Waals surface area contributed by atoms with Crippen molar-refractivity contribution < 1.29 is 23.7 Å². The van der Waals surface area contributed by atoms with Crippen LogP contribution in [0.1, 0.15) is 19.5 Å². The predicted molar refractivity (Wildman–Crippen MR) is 100 cm³/mol. The summed E-state index contributed by atoms with van der Waals surface area (Å²) < 4.78 is 23.9. The van der Waals surface area contributed by atoms with Crippen LogP contribution in [0.5, 0.6) is 11.6 Å². The molecule has 0 spiro atoms. The number of benzene rings is 1. The molecule has 1 fully saturated rings. The Morgan fingerprint density at radius 3 is 2.86 bits per heavy atom. The fourth-order valence-electron chi connectivity index (χ4n) is 3.18. The molecule has 0 radical (unpaired) electrons. The van der Waals surface area contributed by atoms with Crippen molar-refractivity contribution in [3.63, 3.8) is 0 Å². The molecule has 1 aliphatic rings. The second-order valence-electron chi connectivity index (χ2n) is 6.96. The van der Waals surface area contributed by atoms with E-state index >= 15 is 0 Å². The van der Waals surface area contributed by atoms with Gasteiger partial charge in [-0.3, -0.25) is 4.79 Å². The molecule has 0 aliphatic carbocycles. The number of fused-ring (bicyclic) bond motifs is 1. The van der Waals surface area contributed by atoms with Crippen LogP contribution in [-0.2, 0) is 14.3 Å². The quantitative estimate of drug-likeness (QED) is 0.605. The highest BCUT2D eigenvalue weighted by atomic mass is 16.7. The number of rotatable bonds is 6. The first-order valence-electron chi connectivity index (χ1n) is 8.97. The lowest BCUT2D eigenvalue weighted by molar-refractivity contribution is -0.141. The SMILES string of the molecule is Cc1nc2ccc(-c3ccccc3OC[C@@H]3COC(C)(C)O3)nn2c1OC=O. The summed E-state index contributed by atoms with van der Waals surface area (Å²) in [7, 11) is 0. The molecule has 1 aromatic carbocycles. The highest BCUT2D eigenvalue weighted by Crippen LogP contribution is 2.31. The van der Waals surface area contributed by atoms with Gasteiger partial charge in [-0.1, -0.05) is 12.1 Å². The van der Waals surface area contributed by atoms with Crippen molar-refractivity contribution in [1.82, 2.24) is 14.6 Å². The van der Waals surface area contributed by atoms with Gasteiger partial charge in [-0.05, 0) is 45.0 Å². The smallest absolute Gasteiger partial charge is 0.299 e. The molecule has 1 atom stereocenters. The number of para-hydroxylation sites is 1. The summed E-state index contributed by atoms with van der Waals surface area (Å²) in [5.41, 5.74) is 2.66. The third kappa shape index (κ3) is 3.56. The number of ether oxygens (including phenoxy) is 4. The topological polar surface area (TPSA) is 84.2 Å². The number of imidazole rings is 1. The summed E-state index contributed by atoms with van der Waals surface area (Å²) in [6, 6.07) is 11.3.